The largest absolute Gasteiger partial charge is 0.484 e. The number of hydrogen-bond acceptors (Lipinski definition) is 4. The van der Waals surface area contributed by atoms with Gasteiger partial charge in [-0.1, -0.05) is 35.1 Å². The summed E-state index contributed by atoms with van der Waals surface area (Å²) in [4.78, 5) is 15.9. The number of aromatic nitrogens is 1. The first-order valence-corrected chi connectivity index (χ1v) is 7.48. The molecule has 22 heavy (non-hydrogen) atoms. The molecule has 4 nitrogen and oxygen atoms in total. The van der Waals surface area contributed by atoms with Gasteiger partial charge in [0.15, 0.2) is 11.7 Å². The first kappa shape index (κ1) is 14.5. The Hall–Kier alpha value is -2.47. The minimum Gasteiger partial charge on any atom is -0.484 e. The lowest BCUT2D eigenvalue weighted by atomic mass is 10.2. The van der Waals surface area contributed by atoms with Crippen LogP contribution in [0.2, 0.25) is 0 Å². The average Bonchev–Trinajstić information content (AvgIpc) is 2.90. The Kier molecular flexibility index (Phi) is 4.02. The van der Waals surface area contributed by atoms with Crippen molar-refractivity contribution in [2.45, 2.75) is 6.92 Å². The van der Waals surface area contributed by atoms with Crippen LogP contribution in [-0.4, -0.2) is 17.5 Å². The Morgan fingerprint density at radius 2 is 2.05 bits per heavy atom. The number of thiazole rings is 1. The summed E-state index contributed by atoms with van der Waals surface area (Å²) in [6.07, 6.45) is 0. The molecule has 0 spiro atoms. The van der Waals surface area contributed by atoms with Crippen molar-refractivity contribution in [2.24, 2.45) is 0 Å². The Morgan fingerprint density at radius 1 is 1.27 bits per heavy atom. The van der Waals surface area contributed by atoms with E-state index >= 15 is 0 Å². The van der Waals surface area contributed by atoms with Gasteiger partial charge in [0, 0.05) is 0 Å². The van der Waals surface area contributed by atoms with Crippen LogP contribution in [0.4, 0.5) is 9.52 Å². The fourth-order valence-electron chi connectivity index (χ4n) is 1.91. The Labute approximate surface area is 130 Å². The second-order valence-electron chi connectivity index (χ2n) is 4.76. The van der Waals surface area contributed by atoms with Crippen LogP contribution in [0.5, 0.6) is 5.75 Å². The van der Waals surface area contributed by atoms with Crippen LogP contribution in [0.3, 0.4) is 0 Å². The van der Waals surface area contributed by atoms with Crippen LogP contribution in [0, 0.1) is 12.7 Å². The summed E-state index contributed by atoms with van der Waals surface area (Å²) in [6.45, 7) is 1.85. The molecule has 0 atom stereocenters. The standard InChI is InChI=1S/C16H13FN2O2S/c1-10-5-7-11(8-6-10)21-9-14(20)18-16-19-15-12(17)3-2-4-13(15)22-16/h2-8H,9H2,1H3,(H,18,19,20). The molecule has 112 valence electrons. The molecule has 0 radical (unpaired) electrons. The van der Waals surface area contributed by atoms with Gasteiger partial charge in [-0.15, -0.1) is 0 Å². The van der Waals surface area contributed by atoms with Gasteiger partial charge in [0.25, 0.3) is 5.91 Å². The van der Waals surface area contributed by atoms with Gasteiger partial charge in [-0.3, -0.25) is 10.1 Å². The summed E-state index contributed by atoms with van der Waals surface area (Å²) in [6, 6.07) is 12.1. The molecule has 3 rings (SSSR count). The van der Waals surface area contributed by atoms with E-state index in [-0.39, 0.29) is 18.0 Å². The number of carbonyl (C=O) groups excluding carboxylic acids is 1. The number of anilines is 1. The van der Waals surface area contributed by atoms with Crippen LogP contribution < -0.4 is 10.1 Å². The monoisotopic (exact) mass is 316 g/mol. The van der Waals surface area contributed by atoms with Gasteiger partial charge in [0.05, 0.1) is 4.70 Å². The lowest BCUT2D eigenvalue weighted by Crippen LogP contribution is -2.19. The fourth-order valence-corrected chi connectivity index (χ4v) is 2.80. The average molecular weight is 316 g/mol. The summed E-state index contributed by atoms with van der Waals surface area (Å²) in [5, 5.41) is 2.98. The van der Waals surface area contributed by atoms with E-state index in [1.807, 2.05) is 19.1 Å². The fraction of sp³-hybridized carbons (Fsp3) is 0.125. The van der Waals surface area contributed by atoms with Crippen molar-refractivity contribution in [3.63, 3.8) is 0 Å². The maximum absolute atomic E-state index is 13.5. The molecule has 0 aliphatic rings. The number of fused-ring (bicyclic) bond motifs is 1. The summed E-state index contributed by atoms with van der Waals surface area (Å²) in [5.41, 5.74) is 1.38. The maximum atomic E-state index is 13.5. The van der Waals surface area contributed by atoms with E-state index in [1.165, 1.54) is 17.4 Å². The number of nitrogens with zero attached hydrogens (tertiary/aromatic N) is 1. The topological polar surface area (TPSA) is 51.2 Å². The molecular formula is C16H13FN2O2S. The lowest BCUT2D eigenvalue weighted by molar-refractivity contribution is -0.118. The number of benzene rings is 2. The third-order valence-corrected chi connectivity index (χ3v) is 3.94. The minimum absolute atomic E-state index is 0.124. The van der Waals surface area contributed by atoms with E-state index in [2.05, 4.69) is 10.3 Å². The molecule has 2 aromatic carbocycles. The van der Waals surface area contributed by atoms with Crippen LogP contribution in [-0.2, 0) is 4.79 Å². The number of halogens is 1. The molecule has 1 amide bonds. The lowest BCUT2D eigenvalue weighted by Gasteiger charge is -2.05. The smallest absolute Gasteiger partial charge is 0.264 e. The van der Waals surface area contributed by atoms with Crippen molar-refractivity contribution in [2.75, 3.05) is 11.9 Å². The Morgan fingerprint density at radius 3 is 2.77 bits per heavy atom. The minimum atomic E-state index is -0.398. The normalized spacial score (nSPS) is 10.6. The zero-order valence-electron chi connectivity index (χ0n) is 11.8. The highest BCUT2D eigenvalue weighted by atomic mass is 32.1. The summed E-state index contributed by atoms with van der Waals surface area (Å²) < 4.78 is 19.6. The molecule has 0 bridgehead atoms. The van der Waals surface area contributed by atoms with Gasteiger partial charge < -0.3 is 4.74 Å². The number of ether oxygens (including phenoxy) is 1. The zero-order chi connectivity index (χ0) is 15.5. The number of rotatable bonds is 4. The summed E-state index contributed by atoms with van der Waals surface area (Å²) >= 11 is 1.22. The first-order valence-electron chi connectivity index (χ1n) is 6.66. The van der Waals surface area contributed by atoms with Gasteiger partial charge in [-0.25, -0.2) is 9.37 Å². The predicted octanol–water partition coefficient (Wildman–Crippen LogP) is 3.76. The van der Waals surface area contributed by atoms with Crippen LogP contribution in [0.1, 0.15) is 5.56 Å². The molecule has 1 N–H and O–H groups in total. The van der Waals surface area contributed by atoms with Crippen molar-refractivity contribution in [1.29, 1.82) is 0 Å². The Balaban J connectivity index is 1.63. The van der Waals surface area contributed by atoms with E-state index in [9.17, 15) is 9.18 Å². The molecule has 0 fully saturated rings. The molecule has 0 saturated heterocycles. The zero-order valence-corrected chi connectivity index (χ0v) is 12.6. The Bertz CT molecular complexity index is 815. The van der Waals surface area contributed by atoms with Crippen LogP contribution in [0.15, 0.2) is 42.5 Å². The van der Waals surface area contributed by atoms with Crippen molar-refractivity contribution >= 4 is 32.6 Å². The van der Waals surface area contributed by atoms with Gasteiger partial charge >= 0.3 is 0 Å². The quantitative estimate of drug-likeness (QED) is 0.797. The predicted molar refractivity (Wildman–Crippen MR) is 84.9 cm³/mol. The number of amides is 1. The highest BCUT2D eigenvalue weighted by Gasteiger charge is 2.10. The highest BCUT2D eigenvalue weighted by molar-refractivity contribution is 7.22. The number of nitrogens with one attached hydrogen (secondary N) is 1. The number of aryl methyl sites for hydroxylation is 1. The molecule has 0 aliphatic carbocycles. The molecule has 6 heteroatoms. The number of carbonyl (C=O) groups is 1. The van der Waals surface area contributed by atoms with Crippen LogP contribution in [0.25, 0.3) is 10.2 Å². The second kappa shape index (κ2) is 6.11. The summed E-state index contributed by atoms with van der Waals surface area (Å²) in [7, 11) is 0. The van der Waals surface area contributed by atoms with Gasteiger partial charge in [0.1, 0.15) is 17.1 Å². The van der Waals surface area contributed by atoms with E-state index < -0.39 is 5.82 Å². The van der Waals surface area contributed by atoms with E-state index in [4.69, 9.17) is 4.74 Å². The second-order valence-corrected chi connectivity index (χ2v) is 5.79. The van der Waals surface area contributed by atoms with Gasteiger partial charge in [-0.05, 0) is 31.2 Å². The van der Waals surface area contributed by atoms with E-state index in [0.29, 0.717) is 15.6 Å². The van der Waals surface area contributed by atoms with Crippen molar-refractivity contribution in [3.8, 4) is 5.75 Å². The van der Waals surface area contributed by atoms with E-state index in [0.717, 1.165) is 5.56 Å². The number of para-hydroxylation sites is 1. The van der Waals surface area contributed by atoms with Crippen molar-refractivity contribution in [3.05, 3.63) is 53.8 Å². The molecular weight excluding hydrogens is 303 g/mol. The molecule has 0 aliphatic heterocycles. The first-order chi connectivity index (χ1) is 10.6. The summed E-state index contributed by atoms with van der Waals surface area (Å²) in [5.74, 6) is -0.110. The van der Waals surface area contributed by atoms with Gasteiger partial charge in [0.2, 0.25) is 0 Å². The SMILES string of the molecule is Cc1ccc(OCC(=O)Nc2nc3c(F)cccc3s2)cc1. The molecule has 3 aromatic rings. The molecule has 0 saturated carbocycles. The van der Waals surface area contributed by atoms with Crippen molar-refractivity contribution < 1.29 is 13.9 Å². The molecule has 1 heterocycles. The van der Waals surface area contributed by atoms with E-state index in [1.54, 1.807) is 24.3 Å². The van der Waals surface area contributed by atoms with Gasteiger partial charge in [-0.2, -0.15) is 0 Å². The molecule has 0 unspecified atom stereocenters. The van der Waals surface area contributed by atoms with Crippen molar-refractivity contribution in [1.82, 2.24) is 4.98 Å². The number of hydrogen-bond donors (Lipinski definition) is 1. The third-order valence-electron chi connectivity index (χ3n) is 3.01. The third kappa shape index (κ3) is 3.23. The highest BCUT2D eigenvalue weighted by Crippen LogP contribution is 2.27. The molecule has 1 aromatic heterocycles. The van der Waals surface area contributed by atoms with Crippen LogP contribution >= 0.6 is 11.3 Å². The maximum Gasteiger partial charge on any atom is 0.264 e.